The summed E-state index contributed by atoms with van der Waals surface area (Å²) < 4.78 is 5.53. The van der Waals surface area contributed by atoms with E-state index in [2.05, 4.69) is 20.6 Å². The molecule has 0 unspecified atom stereocenters. The Bertz CT molecular complexity index is 430. The minimum atomic E-state index is 0.267. The lowest BCUT2D eigenvalue weighted by Gasteiger charge is -2.14. The van der Waals surface area contributed by atoms with Gasteiger partial charge >= 0.3 is 0 Å². The average molecular weight is 264 g/mol. The minimum Gasteiger partial charge on any atom is -0.377 e. The Kier molecular flexibility index (Phi) is 4.58. The Hall–Kier alpha value is -1.36. The molecule has 0 aromatic carbocycles. The predicted octanol–water partition coefficient (Wildman–Crippen LogP) is 2.54. The van der Waals surface area contributed by atoms with Crippen molar-refractivity contribution < 1.29 is 4.74 Å². The molecular formula is C14H24N4O. The van der Waals surface area contributed by atoms with Gasteiger partial charge in [0.25, 0.3) is 0 Å². The second-order valence-corrected chi connectivity index (χ2v) is 5.27. The second-order valence-electron chi connectivity index (χ2n) is 5.27. The molecule has 19 heavy (non-hydrogen) atoms. The van der Waals surface area contributed by atoms with Crippen LogP contribution >= 0.6 is 0 Å². The summed E-state index contributed by atoms with van der Waals surface area (Å²) in [5.74, 6) is 3.36. The zero-order valence-electron chi connectivity index (χ0n) is 12.3. The summed E-state index contributed by atoms with van der Waals surface area (Å²) in [6.07, 6.45) is 2.69. The Morgan fingerprint density at radius 1 is 1.26 bits per heavy atom. The summed E-state index contributed by atoms with van der Waals surface area (Å²) in [5, 5.41) is 6.49. The van der Waals surface area contributed by atoms with E-state index >= 15 is 0 Å². The molecule has 0 radical (unpaired) electrons. The predicted molar refractivity (Wildman–Crippen MR) is 77.9 cm³/mol. The summed E-state index contributed by atoms with van der Waals surface area (Å²) in [5.41, 5.74) is 1.07. The monoisotopic (exact) mass is 264 g/mol. The van der Waals surface area contributed by atoms with Crippen LogP contribution in [0.15, 0.2) is 0 Å². The number of hydrogen-bond acceptors (Lipinski definition) is 5. The fourth-order valence-electron chi connectivity index (χ4n) is 1.94. The number of hydrogen-bond donors (Lipinski definition) is 2. The van der Waals surface area contributed by atoms with Crippen molar-refractivity contribution in [3.63, 3.8) is 0 Å². The topological polar surface area (TPSA) is 59.1 Å². The zero-order valence-corrected chi connectivity index (χ0v) is 12.3. The van der Waals surface area contributed by atoms with Gasteiger partial charge in [-0.1, -0.05) is 0 Å². The number of anilines is 2. The standard InChI is InChI=1S/C14H24N4O/c1-9(2)19-8-7-16-13-10(3)12(15-4)17-14(18-13)11-5-6-11/h9,11H,5-8H2,1-4H3,(H2,15,16,17,18). The molecule has 0 spiro atoms. The molecule has 2 N–H and O–H groups in total. The van der Waals surface area contributed by atoms with Gasteiger partial charge < -0.3 is 15.4 Å². The van der Waals surface area contributed by atoms with Crippen LogP contribution in [0.4, 0.5) is 11.6 Å². The number of aromatic nitrogens is 2. The van der Waals surface area contributed by atoms with E-state index in [0.717, 1.165) is 29.6 Å². The largest absolute Gasteiger partial charge is 0.377 e. The highest BCUT2D eigenvalue weighted by Gasteiger charge is 2.28. The summed E-state index contributed by atoms with van der Waals surface area (Å²) >= 11 is 0. The Morgan fingerprint density at radius 3 is 2.53 bits per heavy atom. The molecule has 5 nitrogen and oxygen atoms in total. The van der Waals surface area contributed by atoms with Crippen molar-refractivity contribution in [3.05, 3.63) is 11.4 Å². The fourth-order valence-corrected chi connectivity index (χ4v) is 1.94. The molecule has 1 saturated carbocycles. The lowest BCUT2D eigenvalue weighted by Crippen LogP contribution is -2.16. The van der Waals surface area contributed by atoms with Gasteiger partial charge in [0, 0.05) is 25.1 Å². The molecule has 1 aliphatic carbocycles. The highest BCUT2D eigenvalue weighted by Crippen LogP contribution is 2.39. The van der Waals surface area contributed by atoms with Gasteiger partial charge in [-0.3, -0.25) is 0 Å². The molecule has 0 amide bonds. The highest BCUT2D eigenvalue weighted by atomic mass is 16.5. The Morgan fingerprint density at radius 2 is 1.95 bits per heavy atom. The number of nitrogens with zero attached hydrogens (tertiary/aromatic N) is 2. The first-order valence-corrected chi connectivity index (χ1v) is 7.03. The van der Waals surface area contributed by atoms with E-state index in [1.165, 1.54) is 12.8 Å². The normalized spacial score (nSPS) is 14.8. The lowest BCUT2D eigenvalue weighted by molar-refractivity contribution is 0.0870. The SMILES string of the molecule is CNc1nc(C2CC2)nc(NCCOC(C)C)c1C. The van der Waals surface area contributed by atoms with Crippen molar-refractivity contribution in [2.24, 2.45) is 0 Å². The van der Waals surface area contributed by atoms with E-state index in [-0.39, 0.29) is 6.10 Å². The summed E-state index contributed by atoms with van der Waals surface area (Å²) in [7, 11) is 1.90. The van der Waals surface area contributed by atoms with Crippen LogP contribution in [-0.2, 0) is 4.74 Å². The van der Waals surface area contributed by atoms with E-state index in [4.69, 9.17) is 4.74 Å². The van der Waals surface area contributed by atoms with E-state index in [1.54, 1.807) is 0 Å². The molecule has 1 heterocycles. The van der Waals surface area contributed by atoms with Crippen molar-refractivity contribution in [2.45, 2.75) is 45.6 Å². The van der Waals surface area contributed by atoms with E-state index in [1.807, 2.05) is 27.8 Å². The molecule has 1 fully saturated rings. The van der Waals surface area contributed by atoms with Crippen molar-refractivity contribution in [1.29, 1.82) is 0 Å². The maximum Gasteiger partial charge on any atom is 0.136 e. The molecule has 2 rings (SSSR count). The smallest absolute Gasteiger partial charge is 0.136 e. The second kappa shape index (κ2) is 6.19. The van der Waals surface area contributed by atoms with E-state index < -0.39 is 0 Å². The number of nitrogens with one attached hydrogen (secondary N) is 2. The maximum absolute atomic E-state index is 5.53. The zero-order chi connectivity index (χ0) is 13.8. The van der Waals surface area contributed by atoms with Crippen molar-refractivity contribution in [3.8, 4) is 0 Å². The average Bonchev–Trinajstić information content (AvgIpc) is 3.20. The van der Waals surface area contributed by atoms with Crippen molar-refractivity contribution in [1.82, 2.24) is 9.97 Å². The summed E-state index contributed by atoms with van der Waals surface area (Å²) in [4.78, 5) is 9.22. The highest BCUT2D eigenvalue weighted by molar-refractivity contribution is 5.57. The van der Waals surface area contributed by atoms with Gasteiger partial charge in [-0.25, -0.2) is 9.97 Å². The van der Waals surface area contributed by atoms with Gasteiger partial charge in [0.1, 0.15) is 17.5 Å². The first-order chi connectivity index (χ1) is 9.11. The van der Waals surface area contributed by atoms with Crippen molar-refractivity contribution in [2.75, 3.05) is 30.8 Å². The van der Waals surface area contributed by atoms with Crippen LogP contribution in [0.1, 0.15) is 44.0 Å². The third-order valence-corrected chi connectivity index (χ3v) is 3.19. The number of ether oxygens (including phenoxy) is 1. The summed E-state index contributed by atoms with van der Waals surface area (Å²) in [6, 6.07) is 0. The molecule has 0 saturated heterocycles. The van der Waals surface area contributed by atoms with E-state index in [0.29, 0.717) is 12.5 Å². The van der Waals surface area contributed by atoms with Crippen molar-refractivity contribution >= 4 is 11.6 Å². The van der Waals surface area contributed by atoms with Crippen LogP contribution in [0.3, 0.4) is 0 Å². The summed E-state index contributed by atoms with van der Waals surface area (Å²) in [6.45, 7) is 7.58. The lowest BCUT2D eigenvalue weighted by atomic mass is 10.2. The third kappa shape index (κ3) is 3.80. The quantitative estimate of drug-likeness (QED) is 0.741. The molecule has 1 aromatic rings. The van der Waals surface area contributed by atoms with Gasteiger partial charge in [-0.05, 0) is 33.6 Å². The molecule has 1 aliphatic rings. The fraction of sp³-hybridized carbons (Fsp3) is 0.714. The molecule has 1 aromatic heterocycles. The third-order valence-electron chi connectivity index (χ3n) is 3.19. The van der Waals surface area contributed by atoms with Crippen LogP contribution in [0.25, 0.3) is 0 Å². The molecule has 0 aliphatic heterocycles. The first-order valence-electron chi connectivity index (χ1n) is 7.03. The van der Waals surface area contributed by atoms with Crippen LogP contribution in [0.5, 0.6) is 0 Å². The maximum atomic E-state index is 5.53. The molecule has 0 bridgehead atoms. The Balaban J connectivity index is 2.03. The van der Waals surface area contributed by atoms with Gasteiger partial charge in [0.05, 0.1) is 12.7 Å². The van der Waals surface area contributed by atoms with Crippen LogP contribution in [0.2, 0.25) is 0 Å². The van der Waals surface area contributed by atoms with Gasteiger partial charge in [-0.2, -0.15) is 0 Å². The molecular weight excluding hydrogens is 240 g/mol. The van der Waals surface area contributed by atoms with Gasteiger partial charge in [0.15, 0.2) is 0 Å². The molecule has 5 heteroatoms. The molecule has 106 valence electrons. The number of rotatable bonds is 7. The van der Waals surface area contributed by atoms with Gasteiger partial charge in [0.2, 0.25) is 0 Å². The minimum absolute atomic E-state index is 0.267. The Labute approximate surface area is 115 Å². The van der Waals surface area contributed by atoms with Crippen LogP contribution < -0.4 is 10.6 Å². The van der Waals surface area contributed by atoms with Gasteiger partial charge in [-0.15, -0.1) is 0 Å². The van der Waals surface area contributed by atoms with Crippen LogP contribution in [-0.4, -0.2) is 36.3 Å². The first kappa shape index (κ1) is 14.1. The molecule has 0 atom stereocenters. The van der Waals surface area contributed by atoms with E-state index in [9.17, 15) is 0 Å². The van der Waals surface area contributed by atoms with Crippen LogP contribution in [0, 0.1) is 6.92 Å².